The number of likely N-dealkylation sites (tertiary alicyclic amines) is 1. The van der Waals surface area contributed by atoms with Gasteiger partial charge in [0.1, 0.15) is 40.1 Å². The van der Waals surface area contributed by atoms with Crippen molar-refractivity contribution in [2.24, 2.45) is 5.41 Å². The molecule has 80 heavy (non-hydrogen) atoms. The van der Waals surface area contributed by atoms with Gasteiger partial charge in [-0.15, -0.1) is 0 Å². The molecule has 5 aromatic rings. The van der Waals surface area contributed by atoms with Crippen molar-refractivity contribution in [2.45, 2.75) is 108 Å². The van der Waals surface area contributed by atoms with Crippen molar-refractivity contribution in [1.82, 2.24) is 39.9 Å². The fraction of sp³-hybridized carbons (Fsp3) is 0.534. The van der Waals surface area contributed by atoms with E-state index in [1.807, 2.05) is 43.9 Å². The van der Waals surface area contributed by atoms with Crippen molar-refractivity contribution >= 4 is 57.0 Å². The van der Waals surface area contributed by atoms with Crippen LogP contribution < -0.4 is 24.6 Å². The number of ether oxygens (including phenoxy) is 4. The lowest BCUT2D eigenvalue weighted by atomic mass is 9.91. The third-order valence-corrected chi connectivity index (χ3v) is 17.1. The molecule has 2 bridgehead atoms. The number of pyridine rings is 1. The Morgan fingerprint density at radius 1 is 0.812 bits per heavy atom. The smallest absolute Gasteiger partial charge is 0.410 e. The Morgan fingerprint density at radius 3 is 2.25 bits per heavy atom. The number of rotatable bonds is 14. The number of nitrogens with zero attached hydrogens (tertiary/aromatic N) is 9. The third kappa shape index (κ3) is 10.5. The predicted octanol–water partition coefficient (Wildman–Crippen LogP) is 7.38. The highest BCUT2D eigenvalue weighted by atomic mass is 19.2. The Morgan fingerprint density at radius 2 is 1.55 bits per heavy atom. The number of fused-ring (bicyclic) bond motifs is 5. The molecule has 6 aliphatic heterocycles. The normalized spacial score (nSPS) is 23.0. The van der Waals surface area contributed by atoms with Gasteiger partial charge in [0.25, 0.3) is 5.91 Å². The Bertz CT molecular complexity index is 3280. The van der Waals surface area contributed by atoms with Crippen LogP contribution in [0.3, 0.4) is 0 Å². The highest BCUT2D eigenvalue weighted by Gasteiger charge is 2.48. The van der Waals surface area contributed by atoms with Gasteiger partial charge in [0.15, 0.2) is 24.2 Å². The first-order valence-electron chi connectivity index (χ1n) is 27.8. The Balaban J connectivity index is 0.720. The van der Waals surface area contributed by atoms with E-state index in [0.717, 1.165) is 43.0 Å². The topological polar surface area (TPSA) is 175 Å². The van der Waals surface area contributed by atoms with Gasteiger partial charge in [-0.25, -0.2) is 22.4 Å². The van der Waals surface area contributed by atoms with Crippen molar-refractivity contribution in [3.05, 3.63) is 77.2 Å². The van der Waals surface area contributed by atoms with Gasteiger partial charge >= 0.3 is 12.1 Å². The minimum absolute atomic E-state index is 0.0509. The number of alkyl halides is 1. The Labute approximate surface area is 460 Å². The van der Waals surface area contributed by atoms with Crippen molar-refractivity contribution in [3.8, 4) is 23.0 Å². The number of hydrogen-bond acceptors (Lipinski definition) is 15. The summed E-state index contributed by atoms with van der Waals surface area (Å²) in [6, 6.07) is 9.90. The Hall–Kier alpha value is -6.91. The molecule has 12 rings (SSSR count). The molecule has 8 heterocycles. The van der Waals surface area contributed by atoms with Crippen LogP contribution in [0.25, 0.3) is 32.9 Å². The van der Waals surface area contributed by atoms with Crippen LogP contribution >= 0.6 is 0 Å². The van der Waals surface area contributed by atoms with Gasteiger partial charge in [-0.1, -0.05) is 6.07 Å². The first-order valence-corrected chi connectivity index (χ1v) is 27.8. The fourth-order valence-corrected chi connectivity index (χ4v) is 12.8. The Kier molecular flexibility index (Phi) is 14.0. The van der Waals surface area contributed by atoms with Gasteiger partial charge in [-0.05, 0) is 113 Å². The number of piperazine rings is 2. The summed E-state index contributed by atoms with van der Waals surface area (Å²) in [5, 5.41) is 2.70. The van der Waals surface area contributed by atoms with E-state index < -0.39 is 40.7 Å². The molecule has 18 nitrogen and oxygen atoms in total. The highest BCUT2D eigenvalue weighted by Crippen LogP contribution is 2.48. The van der Waals surface area contributed by atoms with Crippen LogP contribution in [0, 0.1) is 22.9 Å². The molecule has 3 aromatic carbocycles. The summed E-state index contributed by atoms with van der Waals surface area (Å²) in [5.74, 6) is -3.56. The highest BCUT2D eigenvalue weighted by molar-refractivity contribution is 6.06. The summed E-state index contributed by atoms with van der Waals surface area (Å²) in [6.07, 6.45) is 5.52. The maximum atomic E-state index is 17.5. The molecule has 5 saturated heterocycles. The van der Waals surface area contributed by atoms with Crippen LogP contribution in [-0.4, -0.2) is 174 Å². The summed E-state index contributed by atoms with van der Waals surface area (Å²) in [4.78, 5) is 77.3. The largest absolute Gasteiger partial charge is 0.468 e. The zero-order chi connectivity index (χ0) is 55.8. The molecule has 6 fully saturated rings. The number of benzene rings is 3. The van der Waals surface area contributed by atoms with Crippen LogP contribution in [0.1, 0.15) is 88.1 Å². The van der Waals surface area contributed by atoms with E-state index in [-0.39, 0.29) is 99.9 Å². The summed E-state index contributed by atoms with van der Waals surface area (Å²) in [5.41, 5.74) is -0.366. The zero-order valence-corrected chi connectivity index (χ0v) is 45.5. The molecule has 1 aliphatic carbocycles. The molecule has 7 aliphatic rings. The van der Waals surface area contributed by atoms with E-state index in [1.54, 1.807) is 9.80 Å². The van der Waals surface area contributed by atoms with E-state index in [1.165, 1.54) is 31.5 Å². The lowest BCUT2D eigenvalue weighted by Gasteiger charge is -2.43. The second kappa shape index (κ2) is 20.9. The monoisotopic (exact) mass is 1110 g/mol. The molecule has 424 valence electrons. The lowest BCUT2D eigenvalue weighted by Crippen LogP contribution is -2.57. The van der Waals surface area contributed by atoms with Gasteiger partial charge in [0.05, 0.1) is 24.1 Å². The summed E-state index contributed by atoms with van der Waals surface area (Å²) in [7, 11) is 1.44. The maximum Gasteiger partial charge on any atom is 0.410 e. The number of hydrogen-bond donors (Lipinski definition) is 1. The number of aromatic nitrogens is 3. The van der Waals surface area contributed by atoms with E-state index in [4.69, 9.17) is 23.9 Å². The zero-order valence-electron chi connectivity index (χ0n) is 45.5. The molecular weight excluding hydrogens is 1040 g/mol. The fourth-order valence-electron chi connectivity index (χ4n) is 12.8. The van der Waals surface area contributed by atoms with Gasteiger partial charge < -0.3 is 38.5 Å². The molecule has 4 amide bonds. The molecular formula is C58H66F4N10O8. The third-order valence-electron chi connectivity index (χ3n) is 17.1. The number of nitrogens with one attached hydrogen (secondary N) is 1. The van der Waals surface area contributed by atoms with Crippen LogP contribution in [0.4, 0.5) is 33.9 Å². The number of methoxy groups -OCH3 is 1. The standard InChI is InChI=1S/C58H66F4N10O8/c1-56(2,3)80-55(76)72-37-6-7-38(72)29-70(28-37)51-42-26-63-49(41-25-39(79-33-77-4)24-34-5-10-43(59)47(60)46(34)41)48(61)50(42)65-54(66-51)78-32-57(13-14-57)30-67-17-15-58(62,16-18-67)31-68-19-21-69(22-20-68)36-8-9-40-35(23-36)27-71(53(40)75)44-11-12-45(73)64-52(44)74/h5,8-10,23-26,37-38,44H,6-7,11-22,27-33H2,1-4H3,(H,64,73,74)/t37?,38?,44-/m0/s1. The molecule has 0 spiro atoms. The van der Waals surface area contributed by atoms with Gasteiger partial charge in [-0.3, -0.25) is 34.5 Å². The van der Waals surface area contributed by atoms with Gasteiger partial charge in [-0.2, -0.15) is 9.97 Å². The van der Waals surface area contributed by atoms with E-state index in [0.29, 0.717) is 103 Å². The van der Waals surface area contributed by atoms with E-state index in [9.17, 15) is 23.6 Å². The molecule has 22 heteroatoms. The van der Waals surface area contributed by atoms with Crippen LogP contribution in [0.5, 0.6) is 11.8 Å². The second-order valence-electron chi connectivity index (χ2n) is 23.9. The summed E-state index contributed by atoms with van der Waals surface area (Å²) >= 11 is 0. The van der Waals surface area contributed by atoms with Crippen molar-refractivity contribution in [3.63, 3.8) is 0 Å². The first-order chi connectivity index (χ1) is 38.3. The number of halogens is 4. The maximum absolute atomic E-state index is 17.5. The number of carbonyl (C=O) groups is 4. The minimum atomic E-state index is -1.35. The number of amides is 4. The molecule has 2 aromatic heterocycles. The minimum Gasteiger partial charge on any atom is -0.468 e. The number of carbonyl (C=O) groups excluding carboxylic acids is 4. The average molecular weight is 1110 g/mol. The summed E-state index contributed by atoms with van der Waals surface area (Å²) < 4.78 is 87.9. The SMILES string of the molecule is COCOc1cc(-c2ncc3c(N4CC5CCC(C4)N5C(=O)OC(C)(C)C)nc(OCC4(CN5CCC(F)(CN6CCN(c7ccc8c(c7)CN([C@H]7CCC(=O)NC7=O)C8=O)CC6)CC5)CC4)nc3c2F)c2c(F)c(F)ccc2c1. The average Bonchev–Trinajstić information content (AvgIpc) is 4.00. The van der Waals surface area contributed by atoms with Crippen LogP contribution in [0.2, 0.25) is 0 Å². The number of piperidine rings is 2. The molecule has 3 atom stereocenters. The van der Waals surface area contributed by atoms with Crippen molar-refractivity contribution < 1.29 is 55.7 Å². The number of imide groups is 1. The lowest BCUT2D eigenvalue weighted by molar-refractivity contribution is -0.136. The first kappa shape index (κ1) is 53.7. The van der Waals surface area contributed by atoms with Gasteiger partial charge in [0.2, 0.25) is 11.8 Å². The van der Waals surface area contributed by atoms with E-state index >= 15 is 13.2 Å². The van der Waals surface area contributed by atoms with E-state index in [2.05, 4.69) is 30.0 Å². The predicted molar refractivity (Wildman–Crippen MR) is 288 cm³/mol. The number of anilines is 2. The second-order valence-corrected chi connectivity index (χ2v) is 23.9. The van der Waals surface area contributed by atoms with Crippen molar-refractivity contribution in [1.29, 1.82) is 0 Å². The molecule has 1 saturated carbocycles. The van der Waals surface area contributed by atoms with Crippen molar-refractivity contribution in [2.75, 3.05) is 95.8 Å². The van der Waals surface area contributed by atoms with Gasteiger partial charge in [0, 0.05) is 119 Å². The molecule has 2 unspecified atom stereocenters. The van der Waals surface area contributed by atoms with Crippen LogP contribution in [0.15, 0.2) is 48.7 Å². The molecule has 0 radical (unpaired) electrons. The van der Waals surface area contributed by atoms with Crippen LogP contribution in [-0.2, 0) is 25.6 Å². The molecule has 1 N–H and O–H groups in total. The quantitative estimate of drug-likeness (QED) is 0.0662. The summed E-state index contributed by atoms with van der Waals surface area (Å²) in [6.45, 7) is 11.6.